The molecule has 2 aromatic carbocycles. The first-order valence-corrected chi connectivity index (χ1v) is 8.26. The molecular formula is C19H11F4N5O. The highest BCUT2D eigenvalue weighted by Gasteiger charge is 2.32. The first-order chi connectivity index (χ1) is 13.9. The van der Waals surface area contributed by atoms with E-state index >= 15 is 0 Å². The maximum absolute atomic E-state index is 14.2. The Labute approximate surface area is 161 Å². The van der Waals surface area contributed by atoms with E-state index in [0.29, 0.717) is 5.69 Å². The molecule has 4 aromatic rings. The standard InChI is InChI=1S/C19H11F4N5O/c20-13-9-12(15-5-1-2-7-17(15)29-19(21,22)23)10-14(11-13)28-26-18(25-27-28)16-6-3-4-8-24-16/h1-11H. The maximum Gasteiger partial charge on any atom is 0.573 e. The van der Waals surface area contributed by atoms with Crippen molar-refractivity contribution in [3.8, 4) is 34.1 Å². The van der Waals surface area contributed by atoms with Crippen LogP contribution in [-0.4, -0.2) is 31.6 Å². The van der Waals surface area contributed by atoms with Gasteiger partial charge >= 0.3 is 6.36 Å². The molecule has 6 nitrogen and oxygen atoms in total. The summed E-state index contributed by atoms with van der Waals surface area (Å²) in [6.45, 7) is 0. The van der Waals surface area contributed by atoms with Crippen LogP contribution >= 0.6 is 0 Å². The molecule has 146 valence electrons. The van der Waals surface area contributed by atoms with Gasteiger partial charge in [0.25, 0.3) is 0 Å². The van der Waals surface area contributed by atoms with Gasteiger partial charge < -0.3 is 4.74 Å². The van der Waals surface area contributed by atoms with Gasteiger partial charge in [-0.15, -0.1) is 28.2 Å². The van der Waals surface area contributed by atoms with E-state index in [9.17, 15) is 17.6 Å². The smallest absolute Gasteiger partial charge is 0.405 e. The third kappa shape index (κ3) is 4.21. The molecule has 0 aliphatic rings. The number of aromatic nitrogens is 5. The van der Waals surface area contributed by atoms with Crippen molar-refractivity contribution in [1.29, 1.82) is 0 Å². The van der Waals surface area contributed by atoms with Crippen molar-refractivity contribution in [2.24, 2.45) is 0 Å². The van der Waals surface area contributed by atoms with E-state index < -0.39 is 17.9 Å². The largest absolute Gasteiger partial charge is 0.573 e. The molecule has 0 amide bonds. The summed E-state index contributed by atoms with van der Waals surface area (Å²) in [6.07, 6.45) is -3.31. The van der Waals surface area contributed by atoms with Gasteiger partial charge in [0.1, 0.15) is 17.3 Å². The Morgan fingerprint density at radius 3 is 2.48 bits per heavy atom. The number of halogens is 4. The molecule has 0 unspecified atom stereocenters. The van der Waals surface area contributed by atoms with Crippen molar-refractivity contribution in [3.05, 3.63) is 72.7 Å². The lowest BCUT2D eigenvalue weighted by atomic mass is 10.0. The molecule has 29 heavy (non-hydrogen) atoms. The Kier molecular flexibility index (Phi) is 4.67. The minimum Gasteiger partial charge on any atom is -0.405 e. The molecule has 10 heteroatoms. The van der Waals surface area contributed by atoms with Gasteiger partial charge in [0.15, 0.2) is 0 Å². The second-order valence-corrected chi connectivity index (χ2v) is 5.86. The van der Waals surface area contributed by atoms with Crippen LogP contribution < -0.4 is 4.74 Å². The predicted octanol–water partition coefficient (Wildman–Crippen LogP) is 4.43. The lowest BCUT2D eigenvalue weighted by Gasteiger charge is -2.14. The van der Waals surface area contributed by atoms with Gasteiger partial charge in [-0.2, -0.15) is 0 Å². The van der Waals surface area contributed by atoms with Gasteiger partial charge in [0.2, 0.25) is 5.82 Å². The summed E-state index contributed by atoms with van der Waals surface area (Å²) >= 11 is 0. The number of hydrogen-bond acceptors (Lipinski definition) is 5. The number of tetrazole rings is 1. The molecule has 2 heterocycles. The van der Waals surface area contributed by atoms with Gasteiger partial charge in [-0.1, -0.05) is 24.3 Å². The number of benzene rings is 2. The van der Waals surface area contributed by atoms with Crippen LogP contribution in [0.25, 0.3) is 28.3 Å². The van der Waals surface area contributed by atoms with Gasteiger partial charge in [-0.05, 0) is 41.1 Å². The molecule has 0 fully saturated rings. The second kappa shape index (κ2) is 7.30. The molecule has 0 spiro atoms. The number of alkyl halides is 3. The van der Waals surface area contributed by atoms with Crippen molar-refractivity contribution in [1.82, 2.24) is 25.2 Å². The third-order valence-corrected chi connectivity index (χ3v) is 3.84. The topological polar surface area (TPSA) is 65.7 Å². The molecule has 0 saturated heterocycles. The predicted molar refractivity (Wildman–Crippen MR) is 94.5 cm³/mol. The summed E-state index contributed by atoms with van der Waals surface area (Å²) in [5.41, 5.74) is 0.878. The molecule has 0 aliphatic heterocycles. The zero-order valence-electron chi connectivity index (χ0n) is 14.5. The molecule has 0 bridgehead atoms. The van der Waals surface area contributed by atoms with Crippen LogP contribution in [-0.2, 0) is 0 Å². The zero-order valence-corrected chi connectivity index (χ0v) is 14.5. The van der Waals surface area contributed by atoms with Crippen LogP contribution in [0.5, 0.6) is 5.75 Å². The van der Waals surface area contributed by atoms with E-state index in [-0.39, 0.29) is 22.6 Å². The van der Waals surface area contributed by atoms with Crippen LogP contribution in [0.1, 0.15) is 0 Å². The molecular weight excluding hydrogens is 390 g/mol. The Bertz CT molecular complexity index is 1140. The normalized spacial score (nSPS) is 11.4. The Hall–Kier alpha value is -3.82. The van der Waals surface area contributed by atoms with Crippen molar-refractivity contribution < 1.29 is 22.3 Å². The Morgan fingerprint density at radius 2 is 1.72 bits per heavy atom. The molecule has 4 rings (SSSR count). The van der Waals surface area contributed by atoms with E-state index in [0.717, 1.165) is 23.0 Å². The molecule has 0 radical (unpaired) electrons. The summed E-state index contributed by atoms with van der Waals surface area (Å²) < 4.78 is 56.4. The second-order valence-electron chi connectivity index (χ2n) is 5.86. The average Bonchev–Trinajstić information content (AvgIpc) is 3.18. The zero-order chi connectivity index (χ0) is 20.4. The van der Waals surface area contributed by atoms with Gasteiger partial charge in [-0.25, -0.2) is 4.39 Å². The number of ether oxygens (including phenoxy) is 1. The molecule has 0 aliphatic carbocycles. The number of para-hydroxylation sites is 1. The fraction of sp³-hybridized carbons (Fsp3) is 0.0526. The van der Waals surface area contributed by atoms with Crippen LogP contribution in [0.2, 0.25) is 0 Å². The molecule has 2 aromatic heterocycles. The average molecular weight is 401 g/mol. The Balaban J connectivity index is 1.74. The SMILES string of the molecule is Fc1cc(-c2ccccc2OC(F)(F)F)cc(-n2nnc(-c3ccccn3)n2)c1. The number of nitrogens with zero attached hydrogens (tertiary/aromatic N) is 5. The summed E-state index contributed by atoms with van der Waals surface area (Å²) in [7, 11) is 0. The third-order valence-electron chi connectivity index (χ3n) is 3.84. The van der Waals surface area contributed by atoms with Crippen molar-refractivity contribution in [2.45, 2.75) is 6.36 Å². The summed E-state index contributed by atoms with van der Waals surface area (Å²) in [5.74, 6) is -0.912. The van der Waals surface area contributed by atoms with Crippen LogP contribution in [0.15, 0.2) is 66.9 Å². The fourth-order valence-electron chi connectivity index (χ4n) is 2.69. The lowest BCUT2D eigenvalue weighted by molar-refractivity contribution is -0.274. The highest BCUT2D eigenvalue weighted by atomic mass is 19.4. The van der Waals surface area contributed by atoms with Gasteiger partial charge in [0.05, 0.1) is 5.69 Å². The van der Waals surface area contributed by atoms with Gasteiger partial charge in [0, 0.05) is 17.8 Å². The molecule has 0 atom stereocenters. The van der Waals surface area contributed by atoms with E-state index in [1.807, 2.05) is 0 Å². The number of hydrogen-bond donors (Lipinski definition) is 0. The summed E-state index contributed by atoms with van der Waals surface area (Å²) in [5, 5.41) is 11.9. The lowest BCUT2D eigenvalue weighted by Crippen LogP contribution is -2.17. The number of rotatable bonds is 4. The maximum atomic E-state index is 14.2. The minimum atomic E-state index is -4.88. The highest BCUT2D eigenvalue weighted by Crippen LogP contribution is 2.34. The van der Waals surface area contributed by atoms with Gasteiger partial charge in [-0.3, -0.25) is 4.98 Å². The fourth-order valence-corrected chi connectivity index (χ4v) is 2.69. The van der Waals surface area contributed by atoms with Crippen molar-refractivity contribution in [3.63, 3.8) is 0 Å². The monoisotopic (exact) mass is 401 g/mol. The van der Waals surface area contributed by atoms with Crippen LogP contribution in [0.4, 0.5) is 17.6 Å². The van der Waals surface area contributed by atoms with Crippen molar-refractivity contribution in [2.75, 3.05) is 0 Å². The van der Waals surface area contributed by atoms with E-state index in [1.54, 1.807) is 24.4 Å². The summed E-state index contributed by atoms with van der Waals surface area (Å²) in [4.78, 5) is 5.18. The first-order valence-electron chi connectivity index (χ1n) is 8.26. The van der Waals surface area contributed by atoms with E-state index in [2.05, 4.69) is 25.1 Å². The van der Waals surface area contributed by atoms with Crippen LogP contribution in [0, 0.1) is 5.82 Å². The highest BCUT2D eigenvalue weighted by molar-refractivity contribution is 5.72. The quantitative estimate of drug-likeness (QED) is 0.474. The van der Waals surface area contributed by atoms with E-state index in [1.165, 1.54) is 24.3 Å². The van der Waals surface area contributed by atoms with Crippen LogP contribution in [0.3, 0.4) is 0 Å². The molecule has 0 saturated carbocycles. The first kappa shape index (κ1) is 18.5. The number of pyridine rings is 1. The Morgan fingerprint density at radius 1 is 0.931 bits per heavy atom. The van der Waals surface area contributed by atoms with Crippen molar-refractivity contribution >= 4 is 0 Å². The molecule has 0 N–H and O–H groups in total. The summed E-state index contributed by atoms with van der Waals surface area (Å²) in [6, 6.07) is 14.3. The van der Waals surface area contributed by atoms with E-state index in [4.69, 9.17) is 0 Å². The minimum absolute atomic E-state index is 0.0654.